The Balaban J connectivity index is 1.22. The molecule has 9 atom stereocenters. The molecule has 308 valence electrons. The standard InChI is InChI=1S/C44H57N3O10/c1-25-23-43(14-4-5-15-43)44(31(9-10-32(44)42(52)53)27-12-16-46-39(45)21-27)38(47-25)24-56-37-20-28(19-36(55-3)40(37)51)41-30(13-17-48)34(50)22-29(57-41)8-6-26-7-11-33(49)35(18-26)54-2/h7,9-12,16,18-21,25,29-32,34,38,41,47-51H,4-6,8,13-15,17,22-24H2,1-3H3,(H2,45,46)(H,52,53)/t25-,29+,30+,31+,32+,34+,38-,41-,44+/m1/s1. The summed E-state index contributed by atoms with van der Waals surface area (Å²) in [5, 5.41) is 57.8. The Labute approximate surface area is 333 Å². The second-order valence-corrected chi connectivity index (χ2v) is 16.5. The van der Waals surface area contributed by atoms with Crippen molar-refractivity contribution in [3.05, 3.63) is 77.5 Å². The number of fused-ring (bicyclic) bond motifs is 1. The van der Waals surface area contributed by atoms with Gasteiger partial charge in [-0.25, -0.2) is 4.98 Å². The number of phenols is 2. The summed E-state index contributed by atoms with van der Waals surface area (Å²) in [5.74, 6) is -1.56. The third kappa shape index (κ3) is 7.50. The van der Waals surface area contributed by atoms with Crippen LogP contribution in [-0.4, -0.2) is 88.2 Å². The number of phenolic OH excluding ortho intramolecular Hbond substituents is 2. The van der Waals surface area contributed by atoms with Crippen molar-refractivity contribution in [1.82, 2.24) is 10.3 Å². The predicted octanol–water partition coefficient (Wildman–Crippen LogP) is 5.64. The van der Waals surface area contributed by atoms with Crippen LogP contribution in [0.15, 0.2) is 60.8 Å². The molecular formula is C44H57N3O10. The molecule has 0 bridgehead atoms. The first kappa shape index (κ1) is 40.6. The molecule has 2 aliphatic heterocycles. The molecule has 57 heavy (non-hydrogen) atoms. The first-order valence-corrected chi connectivity index (χ1v) is 20.2. The van der Waals surface area contributed by atoms with Gasteiger partial charge in [-0.05, 0) is 110 Å². The molecule has 8 N–H and O–H groups in total. The third-order valence-electron chi connectivity index (χ3n) is 13.4. The number of aromatic nitrogens is 1. The second kappa shape index (κ2) is 16.7. The highest BCUT2D eigenvalue weighted by molar-refractivity contribution is 5.76. The Hall–Kier alpha value is -4.56. The highest BCUT2D eigenvalue weighted by Gasteiger charge is 2.68. The largest absolute Gasteiger partial charge is 0.504 e. The van der Waals surface area contributed by atoms with Crippen molar-refractivity contribution in [3.63, 3.8) is 0 Å². The minimum Gasteiger partial charge on any atom is -0.504 e. The zero-order valence-corrected chi connectivity index (χ0v) is 33.0. The maximum absolute atomic E-state index is 13.3. The average molecular weight is 788 g/mol. The van der Waals surface area contributed by atoms with E-state index in [0.717, 1.165) is 43.2 Å². The van der Waals surface area contributed by atoms with E-state index in [0.29, 0.717) is 36.4 Å². The Morgan fingerprint density at radius 2 is 1.75 bits per heavy atom. The highest BCUT2D eigenvalue weighted by atomic mass is 16.5. The number of benzene rings is 2. The summed E-state index contributed by atoms with van der Waals surface area (Å²) < 4.78 is 24.3. The van der Waals surface area contributed by atoms with Crippen molar-refractivity contribution >= 4 is 11.8 Å². The number of nitrogens with one attached hydrogen (secondary N) is 1. The van der Waals surface area contributed by atoms with E-state index >= 15 is 0 Å². The zero-order valence-electron chi connectivity index (χ0n) is 33.0. The first-order valence-electron chi connectivity index (χ1n) is 20.2. The Bertz CT molecular complexity index is 1930. The number of aromatic hydroxyl groups is 2. The van der Waals surface area contributed by atoms with Crippen LogP contribution in [0, 0.1) is 22.7 Å². The van der Waals surface area contributed by atoms with Gasteiger partial charge in [0.05, 0.1) is 38.4 Å². The molecule has 2 saturated heterocycles. The molecule has 4 aliphatic rings. The lowest BCUT2D eigenvalue weighted by Crippen LogP contribution is -2.68. The first-order chi connectivity index (χ1) is 27.4. The number of methoxy groups -OCH3 is 2. The molecule has 0 unspecified atom stereocenters. The van der Waals surface area contributed by atoms with Crippen LogP contribution in [0.5, 0.6) is 28.7 Å². The molecule has 3 fully saturated rings. The van der Waals surface area contributed by atoms with Gasteiger partial charge in [0.1, 0.15) is 12.4 Å². The van der Waals surface area contributed by atoms with Crippen LogP contribution in [0.2, 0.25) is 0 Å². The minimum atomic E-state index is -0.892. The van der Waals surface area contributed by atoms with Crippen molar-refractivity contribution in [2.75, 3.05) is 33.2 Å². The number of anilines is 1. The van der Waals surface area contributed by atoms with E-state index in [4.69, 9.17) is 24.7 Å². The van der Waals surface area contributed by atoms with E-state index in [-0.39, 0.29) is 66.1 Å². The molecule has 0 radical (unpaired) electrons. The SMILES string of the molecule is COc1cc(CC[C@H]2C[C@H](O)[C@H](CCO)[C@@H](c3cc(OC)c(O)c(OC[C@H]4N[C@H](C)CC5(CCCC5)[C@@]45[C@H](C(=O)O)C=C[C@H]5c4ccnc(N)c4)c3)O2)ccc1O. The van der Waals surface area contributed by atoms with Crippen LogP contribution < -0.4 is 25.3 Å². The normalized spacial score (nSPS) is 30.5. The maximum Gasteiger partial charge on any atom is 0.311 e. The molecule has 3 aromatic rings. The quantitative estimate of drug-likeness (QED) is 0.105. The zero-order chi connectivity index (χ0) is 40.5. The number of nitrogen functional groups attached to an aromatic ring is 1. The molecule has 0 amide bonds. The summed E-state index contributed by atoms with van der Waals surface area (Å²) in [6.45, 7) is 2.03. The number of hydrogen-bond acceptors (Lipinski definition) is 12. The van der Waals surface area contributed by atoms with Gasteiger partial charge in [-0.15, -0.1) is 0 Å². The van der Waals surface area contributed by atoms with Crippen molar-refractivity contribution in [2.24, 2.45) is 22.7 Å². The van der Waals surface area contributed by atoms with E-state index in [2.05, 4.69) is 17.2 Å². The molecule has 2 aliphatic carbocycles. The van der Waals surface area contributed by atoms with Crippen LogP contribution in [-0.2, 0) is 16.0 Å². The van der Waals surface area contributed by atoms with Gasteiger partial charge in [-0.1, -0.05) is 31.1 Å². The Kier molecular flexibility index (Phi) is 11.9. The summed E-state index contributed by atoms with van der Waals surface area (Å²) in [5.41, 5.74) is 7.53. The summed E-state index contributed by atoms with van der Waals surface area (Å²) in [7, 11) is 2.95. The van der Waals surface area contributed by atoms with Crippen molar-refractivity contribution in [2.45, 2.75) is 101 Å². The van der Waals surface area contributed by atoms with E-state index < -0.39 is 41.5 Å². The molecule has 2 spiro atoms. The number of ether oxygens (including phenoxy) is 4. The summed E-state index contributed by atoms with van der Waals surface area (Å²) in [6.07, 6.45) is 10.2. The lowest BCUT2D eigenvalue weighted by molar-refractivity contribution is -0.158. The number of allylic oxidation sites excluding steroid dienone is 1. The topological polar surface area (TPSA) is 206 Å². The van der Waals surface area contributed by atoms with Crippen molar-refractivity contribution in [1.29, 1.82) is 0 Å². The number of rotatable bonds is 13. The van der Waals surface area contributed by atoms with Gasteiger partial charge in [0.15, 0.2) is 23.0 Å². The Morgan fingerprint density at radius 3 is 2.46 bits per heavy atom. The second-order valence-electron chi connectivity index (χ2n) is 16.5. The monoisotopic (exact) mass is 787 g/mol. The molecule has 1 aromatic heterocycles. The molecular weight excluding hydrogens is 730 g/mol. The summed E-state index contributed by atoms with van der Waals surface area (Å²) in [6, 6.07) is 12.0. The fraction of sp³-hybridized carbons (Fsp3) is 0.545. The number of aliphatic hydroxyl groups excluding tert-OH is 2. The van der Waals surface area contributed by atoms with Crippen LogP contribution in [0.25, 0.3) is 0 Å². The molecule has 2 aromatic carbocycles. The van der Waals surface area contributed by atoms with Crippen LogP contribution in [0.1, 0.15) is 87.0 Å². The van der Waals surface area contributed by atoms with Crippen LogP contribution in [0.3, 0.4) is 0 Å². The fourth-order valence-corrected chi connectivity index (χ4v) is 11.1. The smallest absolute Gasteiger partial charge is 0.311 e. The maximum atomic E-state index is 13.3. The summed E-state index contributed by atoms with van der Waals surface area (Å²) >= 11 is 0. The van der Waals surface area contributed by atoms with E-state index in [1.165, 1.54) is 14.2 Å². The van der Waals surface area contributed by atoms with E-state index in [1.54, 1.807) is 30.5 Å². The average Bonchev–Trinajstić information content (AvgIpc) is 3.83. The predicted molar refractivity (Wildman–Crippen MR) is 213 cm³/mol. The van der Waals surface area contributed by atoms with Gasteiger partial charge < -0.3 is 55.5 Å². The van der Waals surface area contributed by atoms with Gasteiger partial charge in [0.2, 0.25) is 5.75 Å². The van der Waals surface area contributed by atoms with Gasteiger partial charge in [0, 0.05) is 42.1 Å². The van der Waals surface area contributed by atoms with E-state index in [1.807, 2.05) is 30.4 Å². The lowest BCUT2D eigenvalue weighted by atomic mass is 9.46. The Morgan fingerprint density at radius 1 is 1.00 bits per heavy atom. The molecule has 3 heterocycles. The number of hydrogen-bond donors (Lipinski definition) is 7. The number of pyridine rings is 1. The molecule has 13 nitrogen and oxygen atoms in total. The molecule has 13 heteroatoms. The highest BCUT2D eigenvalue weighted by Crippen LogP contribution is 2.69. The van der Waals surface area contributed by atoms with Gasteiger partial charge >= 0.3 is 5.97 Å². The number of aliphatic carboxylic acids is 1. The van der Waals surface area contributed by atoms with Crippen LogP contribution >= 0.6 is 0 Å². The number of piperidine rings is 1. The number of aryl methyl sites for hydroxylation is 1. The van der Waals surface area contributed by atoms with E-state index in [9.17, 15) is 30.3 Å². The van der Waals surface area contributed by atoms with Crippen LogP contribution in [0.4, 0.5) is 5.82 Å². The molecule has 1 saturated carbocycles. The van der Waals surface area contributed by atoms with Gasteiger partial charge in [-0.2, -0.15) is 0 Å². The third-order valence-corrected chi connectivity index (χ3v) is 13.4. The number of aliphatic hydroxyl groups is 2. The summed E-state index contributed by atoms with van der Waals surface area (Å²) in [4.78, 5) is 17.6. The number of nitrogens with zero attached hydrogens (tertiary/aromatic N) is 1. The van der Waals surface area contributed by atoms with Gasteiger partial charge in [-0.3, -0.25) is 4.79 Å². The molecule has 7 rings (SSSR count). The number of carboxylic acid groups (broad SMARTS) is 1. The minimum absolute atomic E-state index is 0.0434. The van der Waals surface area contributed by atoms with Crippen molar-refractivity contribution in [3.8, 4) is 28.7 Å². The lowest BCUT2D eigenvalue weighted by Gasteiger charge is -2.61. The van der Waals surface area contributed by atoms with Crippen molar-refractivity contribution < 1.29 is 49.3 Å². The number of nitrogens with two attached hydrogens (primary N) is 1. The van der Waals surface area contributed by atoms with Gasteiger partial charge in [0.25, 0.3) is 0 Å². The number of carboxylic acids is 1. The number of carbonyl (C=O) groups is 1. The fourth-order valence-electron chi connectivity index (χ4n) is 11.1.